The highest BCUT2D eigenvalue weighted by molar-refractivity contribution is 7.18. The zero-order chi connectivity index (χ0) is 13.4. The summed E-state index contributed by atoms with van der Waals surface area (Å²) in [6.45, 7) is 6.34. The molecule has 2 atom stereocenters. The van der Waals surface area contributed by atoms with Gasteiger partial charge in [0.15, 0.2) is 0 Å². The monoisotopic (exact) mass is 276 g/mol. The number of rotatable bonds is 2. The van der Waals surface area contributed by atoms with Gasteiger partial charge in [0.05, 0.1) is 5.39 Å². The van der Waals surface area contributed by atoms with Crippen LogP contribution in [0.2, 0.25) is 0 Å². The minimum Gasteiger partial charge on any atom is -0.354 e. The van der Waals surface area contributed by atoms with Gasteiger partial charge in [-0.15, -0.1) is 11.3 Å². The molecule has 3 rings (SSSR count). The molecule has 102 valence electrons. The smallest absolute Gasteiger partial charge is 0.140 e. The van der Waals surface area contributed by atoms with E-state index in [0.29, 0.717) is 5.92 Å². The zero-order valence-electron chi connectivity index (χ0n) is 11.5. The number of nitrogens with zero attached hydrogens (tertiary/aromatic N) is 3. The molecule has 0 amide bonds. The van der Waals surface area contributed by atoms with Gasteiger partial charge in [0.2, 0.25) is 0 Å². The van der Waals surface area contributed by atoms with Crippen LogP contribution in [0.25, 0.3) is 10.2 Å². The lowest BCUT2D eigenvalue weighted by Crippen LogP contribution is -2.47. The molecule has 5 heteroatoms. The van der Waals surface area contributed by atoms with E-state index in [9.17, 15) is 0 Å². The highest BCUT2D eigenvalue weighted by Gasteiger charge is 2.25. The molecule has 0 saturated carbocycles. The Bertz CT molecular complexity index is 580. The van der Waals surface area contributed by atoms with Crippen molar-refractivity contribution in [3.8, 4) is 0 Å². The van der Waals surface area contributed by atoms with Gasteiger partial charge >= 0.3 is 0 Å². The number of thiophene rings is 1. The molecule has 1 fully saturated rings. The first-order valence-corrected chi connectivity index (χ1v) is 7.74. The minimum atomic E-state index is 0.239. The van der Waals surface area contributed by atoms with E-state index < -0.39 is 0 Å². The molecule has 0 radical (unpaired) electrons. The number of nitrogens with two attached hydrogens (primary N) is 1. The molecular weight excluding hydrogens is 256 g/mol. The van der Waals surface area contributed by atoms with Gasteiger partial charge in [-0.3, -0.25) is 0 Å². The summed E-state index contributed by atoms with van der Waals surface area (Å²) in [5.41, 5.74) is 6.20. The lowest BCUT2D eigenvalue weighted by molar-refractivity contribution is 0.378. The maximum atomic E-state index is 6.20. The van der Waals surface area contributed by atoms with Crippen LogP contribution in [0.15, 0.2) is 12.4 Å². The summed E-state index contributed by atoms with van der Waals surface area (Å²) < 4.78 is 0. The molecule has 2 N–H and O–H groups in total. The third-order valence-corrected chi connectivity index (χ3v) is 5.21. The number of hydrogen-bond acceptors (Lipinski definition) is 5. The number of piperidine rings is 1. The average molecular weight is 276 g/mol. The van der Waals surface area contributed by atoms with Crippen molar-refractivity contribution in [2.24, 2.45) is 11.7 Å². The molecule has 1 saturated heterocycles. The van der Waals surface area contributed by atoms with Crippen LogP contribution in [0.4, 0.5) is 5.82 Å². The quantitative estimate of drug-likeness (QED) is 0.915. The SMILES string of the molecule is CCc1cc2c(N3CCC(C)C(N)C3)ncnc2s1. The first-order chi connectivity index (χ1) is 9.19. The molecule has 0 spiro atoms. The molecule has 2 aromatic rings. The number of aromatic nitrogens is 2. The maximum absolute atomic E-state index is 6.20. The summed E-state index contributed by atoms with van der Waals surface area (Å²) >= 11 is 1.77. The molecule has 19 heavy (non-hydrogen) atoms. The number of aryl methyl sites for hydroxylation is 1. The third kappa shape index (κ3) is 2.32. The zero-order valence-corrected chi connectivity index (χ0v) is 12.3. The molecule has 2 unspecified atom stereocenters. The predicted octanol–water partition coefficient (Wildman–Crippen LogP) is 2.43. The van der Waals surface area contributed by atoms with Gasteiger partial charge in [-0.25, -0.2) is 9.97 Å². The van der Waals surface area contributed by atoms with E-state index in [1.165, 1.54) is 10.3 Å². The second-order valence-corrected chi connectivity index (χ2v) is 6.47. The van der Waals surface area contributed by atoms with E-state index in [-0.39, 0.29) is 6.04 Å². The maximum Gasteiger partial charge on any atom is 0.140 e. The van der Waals surface area contributed by atoms with Crippen LogP contribution in [0.1, 0.15) is 25.1 Å². The van der Waals surface area contributed by atoms with Crippen LogP contribution in [0.5, 0.6) is 0 Å². The first kappa shape index (κ1) is 12.8. The Balaban J connectivity index is 1.98. The molecular formula is C14H20N4S. The fourth-order valence-corrected chi connectivity index (χ4v) is 3.54. The second kappa shape index (κ2) is 5.06. The first-order valence-electron chi connectivity index (χ1n) is 6.93. The van der Waals surface area contributed by atoms with Crippen molar-refractivity contribution in [3.63, 3.8) is 0 Å². The minimum absolute atomic E-state index is 0.239. The normalized spacial score (nSPS) is 24.1. The van der Waals surface area contributed by atoms with E-state index in [2.05, 4.69) is 34.8 Å². The molecule has 0 aliphatic carbocycles. The number of hydrogen-bond donors (Lipinski definition) is 1. The summed E-state index contributed by atoms with van der Waals surface area (Å²) in [4.78, 5) is 13.7. The van der Waals surface area contributed by atoms with E-state index in [0.717, 1.165) is 36.6 Å². The van der Waals surface area contributed by atoms with Gasteiger partial charge in [-0.1, -0.05) is 13.8 Å². The van der Waals surface area contributed by atoms with E-state index in [1.54, 1.807) is 17.7 Å². The van der Waals surface area contributed by atoms with Gasteiger partial charge in [0, 0.05) is 24.0 Å². The van der Waals surface area contributed by atoms with Gasteiger partial charge in [0.1, 0.15) is 17.0 Å². The van der Waals surface area contributed by atoms with Crippen molar-refractivity contribution in [3.05, 3.63) is 17.3 Å². The largest absolute Gasteiger partial charge is 0.354 e. The highest BCUT2D eigenvalue weighted by atomic mass is 32.1. The van der Waals surface area contributed by atoms with Crippen molar-refractivity contribution >= 4 is 27.4 Å². The van der Waals surface area contributed by atoms with Crippen LogP contribution in [0, 0.1) is 5.92 Å². The molecule has 2 aromatic heterocycles. The number of fused-ring (bicyclic) bond motifs is 1. The standard InChI is InChI=1S/C14H20N4S/c1-3-10-6-11-13(16-8-17-14(11)19-10)18-5-4-9(2)12(15)7-18/h6,8-9,12H,3-5,7,15H2,1-2H3. The summed E-state index contributed by atoms with van der Waals surface area (Å²) in [7, 11) is 0. The molecule has 0 bridgehead atoms. The van der Waals surface area contributed by atoms with Crippen LogP contribution in [0.3, 0.4) is 0 Å². The number of anilines is 1. The Morgan fingerprint density at radius 2 is 2.32 bits per heavy atom. The van der Waals surface area contributed by atoms with E-state index in [1.807, 2.05) is 0 Å². The van der Waals surface area contributed by atoms with Gasteiger partial charge < -0.3 is 10.6 Å². The predicted molar refractivity (Wildman–Crippen MR) is 80.8 cm³/mol. The summed E-state index contributed by atoms with van der Waals surface area (Å²) in [6, 6.07) is 2.47. The van der Waals surface area contributed by atoms with Crippen molar-refractivity contribution in [2.45, 2.75) is 32.7 Å². The van der Waals surface area contributed by atoms with Crippen molar-refractivity contribution in [1.82, 2.24) is 9.97 Å². The fraction of sp³-hybridized carbons (Fsp3) is 0.571. The molecule has 4 nitrogen and oxygen atoms in total. The van der Waals surface area contributed by atoms with E-state index >= 15 is 0 Å². The molecule has 1 aliphatic heterocycles. The Morgan fingerprint density at radius 1 is 1.47 bits per heavy atom. The Morgan fingerprint density at radius 3 is 3.05 bits per heavy atom. The Kier molecular flexibility index (Phi) is 3.41. The second-order valence-electron chi connectivity index (χ2n) is 5.36. The fourth-order valence-electron chi connectivity index (χ4n) is 2.61. The van der Waals surface area contributed by atoms with Gasteiger partial charge in [0.25, 0.3) is 0 Å². The third-order valence-electron chi connectivity index (χ3n) is 4.02. The van der Waals surface area contributed by atoms with Gasteiger partial charge in [-0.05, 0) is 24.8 Å². The molecule has 1 aliphatic rings. The van der Waals surface area contributed by atoms with E-state index in [4.69, 9.17) is 5.73 Å². The van der Waals surface area contributed by atoms with Crippen LogP contribution >= 0.6 is 11.3 Å². The van der Waals surface area contributed by atoms with Crippen LogP contribution in [-0.2, 0) is 6.42 Å². The molecule has 3 heterocycles. The van der Waals surface area contributed by atoms with Gasteiger partial charge in [-0.2, -0.15) is 0 Å². The topological polar surface area (TPSA) is 55.0 Å². The van der Waals surface area contributed by atoms with Crippen molar-refractivity contribution in [2.75, 3.05) is 18.0 Å². The van der Waals surface area contributed by atoms with Crippen molar-refractivity contribution < 1.29 is 0 Å². The lowest BCUT2D eigenvalue weighted by Gasteiger charge is -2.35. The summed E-state index contributed by atoms with van der Waals surface area (Å²) in [6.07, 6.45) is 3.87. The summed E-state index contributed by atoms with van der Waals surface area (Å²) in [5, 5.41) is 1.19. The lowest BCUT2D eigenvalue weighted by atomic mass is 9.94. The average Bonchev–Trinajstić information content (AvgIpc) is 2.85. The Labute approximate surface area is 117 Å². The van der Waals surface area contributed by atoms with Crippen LogP contribution in [-0.4, -0.2) is 29.1 Å². The Hall–Kier alpha value is -1.20. The molecule has 0 aromatic carbocycles. The highest BCUT2D eigenvalue weighted by Crippen LogP contribution is 2.32. The van der Waals surface area contributed by atoms with Crippen molar-refractivity contribution in [1.29, 1.82) is 0 Å². The van der Waals surface area contributed by atoms with Crippen LogP contribution < -0.4 is 10.6 Å². The summed E-state index contributed by atoms with van der Waals surface area (Å²) in [5.74, 6) is 1.66.